The summed E-state index contributed by atoms with van der Waals surface area (Å²) >= 11 is 0. The summed E-state index contributed by atoms with van der Waals surface area (Å²) in [6, 6.07) is 0.507. The van der Waals surface area contributed by atoms with Crippen LogP contribution in [-0.4, -0.2) is 25.0 Å². The lowest BCUT2D eigenvalue weighted by atomic mass is 10.0. The van der Waals surface area contributed by atoms with Gasteiger partial charge in [0.05, 0.1) is 0 Å². The van der Waals surface area contributed by atoms with Gasteiger partial charge in [0.1, 0.15) is 0 Å². The van der Waals surface area contributed by atoms with Crippen molar-refractivity contribution in [2.75, 3.05) is 14.1 Å². The van der Waals surface area contributed by atoms with Gasteiger partial charge >= 0.3 is 0 Å². The molecule has 0 aromatic heterocycles. The van der Waals surface area contributed by atoms with E-state index >= 15 is 0 Å². The van der Waals surface area contributed by atoms with Crippen molar-refractivity contribution in [2.45, 2.75) is 25.8 Å². The average Bonchev–Trinajstić information content (AvgIpc) is 1.87. The van der Waals surface area contributed by atoms with E-state index in [1.54, 1.807) is 0 Å². The summed E-state index contributed by atoms with van der Waals surface area (Å²) in [5, 5.41) is 0. The summed E-state index contributed by atoms with van der Waals surface area (Å²) in [6.45, 7) is 9.73. The van der Waals surface area contributed by atoms with E-state index in [-0.39, 0.29) is 0 Å². The third-order valence-electron chi connectivity index (χ3n) is 1.84. The quantitative estimate of drug-likeness (QED) is 0.548. The van der Waals surface area contributed by atoms with E-state index in [1.165, 1.54) is 5.57 Å². The van der Waals surface area contributed by atoms with Gasteiger partial charge in [0.25, 0.3) is 0 Å². The summed E-state index contributed by atoms with van der Waals surface area (Å²) in [6.07, 6.45) is 4.15. The summed E-state index contributed by atoms with van der Waals surface area (Å²) in [7, 11) is 4.17. The van der Waals surface area contributed by atoms with Crippen LogP contribution < -0.4 is 0 Å². The normalized spacial score (nSPS) is 13.1. The van der Waals surface area contributed by atoms with Gasteiger partial charge in [-0.25, -0.2) is 0 Å². The molecule has 0 aromatic rings. The number of nitrogens with zero attached hydrogens (tertiary/aromatic N) is 1. The Labute approximate surface area is 70.4 Å². The fraction of sp³-hybridized carbons (Fsp3) is 0.600. The van der Waals surface area contributed by atoms with Crippen molar-refractivity contribution >= 4 is 0 Å². The van der Waals surface area contributed by atoms with Gasteiger partial charge in [0.2, 0.25) is 0 Å². The van der Waals surface area contributed by atoms with E-state index in [4.69, 9.17) is 0 Å². The number of allylic oxidation sites excluding steroid dienone is 1. The number of rotatable bonds is 5. The van der Waals surface area contributed by atoms with Crippen LogP contribution >= 0.6 is 0 Å². The van der Waals surface area contributed by atoms with Crippen LogP contribution in [0.2, 0.25) is 0 Å². The summed E-state index contributed by atoms with van der Waals surface area (Å²) in [5.74, 6) is 0. The lowest BCUT2D eigenvalue weighted by Gasteiger charge is -2.23. The van der Waals surface area contributed by atoms with Gasteiger partial charge in [-0.05, 0) is 33.9 Å². The van der Waals surface area contributed by atoms with Gasteiger partial charge in [-0.15, -0.1) is 6.58 Å². The largest absolute Gasteiger partial charge is 0.303 e. The molecule has 1 unspecified atom stereocenters. The number of likely N-dealkylation sites (N-methyl/N-ethyl adjacent to an activating group) is 1. The minimum absolute atomic E-state index is 0.507. The maximum atomic E-state index is 3.95. The molecule has 0 aromatic carbocycles. The first kappa shape index (κ1) is 10.4. The molecule has 64 valence electrons. The van der Waals surface area contributed by atoms with Crippen molar-refractivity contribution in [1.29, 1.82) is 0 Å². The highest BCUT2D eigenvalue weighted by Crippen LogP contribution is 2.11. The second kappa shape index (κ2) is 5.14. The lowest BCUT2D eigenvalue weighted by Crippen LogP contribution is -2.28. The average molecular weight is 153 g/mol. The smallest absolute Gasteiger partial charge is 0.0299 e. The molecule has 0 aliphatic heterocycles. The van der Waals surface area contributed by atoms with Crippen LogP contribution in [0.25, 0.3) is 0 Å². The molecule has 0 radical (unpaired) electrons. The fourth-order valence-electron chi connectivity index (χ4n) is 1.22. The highest BCUT2D eigenvalue weighted by molar-refractivity contribution is 5.01. The Morgan fingerprint density at radius 2 is 2.09 bits per heavy atom. The molecular weight excluding hydrogens is 134 g/mol. The third-order valence-corrected chi connectivity index (χ3v) is 1.84. The molecule has 0 heterocycles. The van der Waals surface area contributed by atoms with Crippen LogP contribution in [0.4, 0.5) is 0 Å². The van der Waals surface area contributed by atoms with Gasteiger partial charge in [-0.2, -0.15) is 0 Å². The molecule has 1 heteroatoms. The van der Waals surface area contributed by atoms with E-state index in [2.05, 4.69) is 39.1 Å². The Hall–Kier alpha value is -0.560. The maximum Gasteiger partial charge on any atom is 0.0299 e. The van der Waals surface area contributed by atoms with Crippen LogP contribution in [0.15, 0.2) is 24.8 Å². The first-order valence-electron chi connectivity index (χ1n) is 4.02. The van der Waals surface area contributed by atoms with Gasteiger partial charge in [0, 0.05) is 6.04 Å². The minimum Gasteiger partial charge on any atom is -0.303 e. The highest BCUT2D eigenvalue weighted by Gasteiger charge is 2.09. The topological polar surface area (TPSA) is 3.24 Å². The first-order chi connectivity index (χ1) is 5.09. The maximum absolute atomic E-state index is 3.95. The van der Waals surface area contributed by atoms with Crippen LogP contribution in [0.3, 0.4) is 0 Å². The number of hydrogen-bond acceptors (Lipinski definition) is 1. The highest BCUT2D eigenvalue weighted by atomic mass is 15.1. The predicted molar refractivity (Wildman–Crippen MR) is 51.7 cm³/mol. The van der Waals surface area contributed by atoms with Crippen LogP contribution in [-0.2, 0) is 0 Å². The third kappa shape index (κ3) is 3.99. The second-order valence-electron chi connectivity index (χ2n) is 3.19. The van der Waals surface area contributed by atoms with Crippen LogP contribution in [0, 0.1) is 0 Å². The predicted octanol–water partition coefficient (Wildman–Crippen LogP) is 2.46. The Morgan fingerprint density at radius 1 is 1.55 bits per heavy atom. The molecule has 11 heavy (non-hydrogen) atoms. The summed E-state index contributed by atoms with van der Waals surface area (Å²) in [5.41, 5.74) is 1.23. The molecule has 0 aliphatic rings. The van der Waals surface area contributed by atoms with E-state index in [1.807, 2.05) is 6.08 Å². The zero-order valence-corrected chi connectivity index (χ0v) is 7.93. The molecule has 0 bridgehead atoms. The van der Waals surface area contributed by atoms with Crippen LogP contribution in [0.5, 0.6) is 0 Å². The van der Waals surface area contributed by atoms with Crippen molar-refractivity contribution in [2.24, 2.45) is 0 Å². The molecule has 0 saturated heterocycles. The molecule has 0 spiro atoms. The Kier molecular flexibility index (Phi) is 4.88. The molecular formula is C10H19N. The zero-order valence-electron chi connectivity index (χ0n) is 7.93. The first-order valence-corrected chi connectivity index (χ1v) is 4.02. The van der Waals surface area contributed by atoms with Gasteiger partial charge in [-0.1, -0.05) is 18.2 Å². The van der Waals surface area contributed by atoms with Crippen molar-refractivity contribution in [3.8, 4) is 0 Å². The zero-order chi connectivity index (χ0) is 8.85. The van der Waals surface area contributed by atoms with Crippen LogP contribution in [0.1, 0.15) is 19.8 Å². The Bertz CT molecular complexity index is 136. The summed E-state index contributed by atoms with van der Waals surface area (Å²) < 4.78 is 0. The second-order valence-corrected chi connectivity index (χ2v) is 3.19. The standard InChI is InChI=1S/C10H19N/c1-6-7-8-10(9(2)3)11(4)5/h6,10H,1-2,7-8H2,3-5H3. The molecule has 0 N–H and O–H groups in total. The van der Waals surface area contributed by atoms with Gasteiger partial charge in [0.15, 0.2) is 0 Å². The molecule has 0 rings (SSSR count). The molecule has 0 fully saturated rings. The Morgan fingerprint density at radius 3 is 2.36 bits per heavy atom. The van der Waals surface area contributed by atoms with E-state index in [0.717, 1.165) is 12.8 Å². The monoisotopic (exact) mass is 153 g/mol. The number of hydrogen-bond donors (Lipinski definition) is 0. The lowest BCUT2D eigenvalue weighted by molar-refractivity contribution is 0.316. The SMILES string of the molecule is C=CCCC(C(=C)C)N(C)C. The molecule has 0 saturated carbocycles. The van der Waals surface area contributed by atoms with Crippen molar-refractivity contribution in [1.82, 2.24) is 4.90 Å². The Balaban J connectivity index is 3.89. The molecule has 1 nitrogen and oxygen atoms in total. The van der Waals surface area contributed by atoms with Crippen molar-refractivity contribution in [3.63, 3.8) is 0 Å². The summed E-state index contributed by atoms with van der Waals surface area (Å²) in [4.78, 5) is 2.20. The molecule has 1 atom stereocenters. The van der Waals surface area contributed by atoms with E-state index in [9.17, 15) is 0 Å². The van der Waals surface area contributed by atoms with Crippen molar-refractivity contribution in [3.05, 3.63) is 24.8 Å². The minimum atomic E-state index is 0.507. The van der Waals surface area contributed by atoms with E-state index in [0.29, 0.717) is 6.04 Å². The van der Waals surface area contributed by atoms with Gasteiger partial charge < -0.3 is 4.90 Å². The molecule has 0 aliphatic carbocycles. The van der Waals surface area contributed by atoms with E-state index < -0.39 is 0 Å². The van der Waals surface area contributed by atoms with Gasteiger partial charge in [-0.3, -0.25) is 0 Å². The molecule has 0 amide bonds. The van der Waals surface area contributed by atoms with Crippen molar-refractivity contribution < 1.29 is 0 Å². The fourth-order valence-corrected chi connectivity index (χ4v) is 1.22.